The van der Waals surface area contributed by atoms with Crippen LogP contribution in [0.15, 0.2) is 40.7 Å². The smallest absolute Gasteiger partial charge is 0.352 e. The molecule has 1 fully saturated rings. The Bertz CT molecular complexity index is 1350. The zero-order valence-corrected chi connectivity index (χ0v) is 23.4. The number of β-lactam (4-membered cyclic amide) rings is 1. The summed E-state index contributed by atoms with van der Waals surface area (Å²) in [5.74, 6) is -2.27. The maximum absolute atomic E-state index is 13.0. The van der Waals surface area contributed by atoms with Gasteiger partial charge in [0.1, 0.15) is 28.9 Å². The lowest BCUT2D eigenvalue weighted by Crippen LogP contribution is -2.71. The van der Waals surface area contributed by atoms with Crippen molar-refractivity contribution >= 4 is 47.3 Å². The average Bonchev–Trinajstić information content (AvgIpc) is 3.29. The second-order valence-electron chi connectivity index (χ2n) is 8.78. The van der Waals surface area contributed by atoms with Gasteiger partial charge >= 0.3 is 11.9 Å². The number of aliphatic carboxylic acids is 1. The van der Waals surface area contributed by atoms with Crippen LogP contribution in [0.4, 0.5) is 0 Å². The van der Waals surface area contributed by atoms with Crippen LogP contribution in [0.3, 0.4) is 0 Å². The zero-order valence-electron chi connectivity index (χ0n) is 21.8. The molecule has 3 heterocycles. The number of phenolic OH excluding ortho intramolecular Hbond substituents is 1. The molecule has 16 heteroatoms. The molecule has 4 rings (SSSR count). The van der Waals surface area contributed by atoms with Crippen molar-refractivity contribution in [2.75, 3.05) is 25.2 Å². The average molecular weight is 593 g/mol. The van der Waals surface area contributed by atoms with E-state index in [2.05, 4.69) is 15.5 Å². The van der Waals surface area contributed by atoms with E-state index < -0.39 is 47.3 Å². The summed E-state index contributed by atoms with van der Waals surface area (Å²) in [4.78, 5) is 51.3. The molecule has 2 amide bonds. The van der Waals surface area contributed by atoms with Crippen LogP contribution >= 0.6 is 23.5 Å². The number of carbonyl (C=O) groups is 4. The SMILES string of the molecule is CCOC(=O)C(OC)c1nnc(SCC2=C(C(=O)O)N3C(=O)C(NC(=O)C(N)c4ccc(O)cc4)[C@@H]3SC2)n1C. The molecule has 40 heavy (non-hydrogen) atoms. The predicted octanol–water partition coefficient (Wildman–Crippen LogP) is 0.302. The number of carboxylic acid groups (broad SMARTS) is 1. The topological polar surface area (TPSA) is 199 Å². The highest BCUT2D eigenvalue weighted by atomic mass is 32.2. The molecule has 2 aliphatic heterocycles. The van der Waals surface area contributed by atoms with E-state index in [4.69, 9.17) is 15.2 Å². The van der Waals surface area contributed by atoms with Crippen molar-refractivity contribution in [3.8, 4) is 5.75 Å². The Balaban J connectivity index is 1.45. The summed E-state index contributed by atoms with van der Waals surface area (Å²) in [6.45, 7) is 1.85. The van der Waals surface area contributed by atoms with Gasteiger partial charge in [-0.1, -0.05) is 23.9 Å². The third kappa shape index (κ3) is 5.65. The van der Waals surface area contributed by atoms with Crippen molar-refractivity contribution in [2.24, 2.45) is 12.8 Å². The predicted molar refractivity (Wildman–Crippen MR) is 143 cm³/mol. The first-order chi connectivity index (χ1) is 19.1. The van der Waals surface area contributed by atoms with Crippen molar-refractivity contribution in [3.63, 3.8) is 0 Å². The van der Waals surface area contributed by atoms with E-state index >= 15 is 0 Å². The Hall–Kier alpha value is -3.60. The molecule has 1 aromatic carbocycles. The molecule has 0 bridgehead atoms. The normalized spacial score (nSPS) is 19.9. The molecule has 0 spiro atoms. The number of rotatable bonds is 11. The van der Waals surface area contributed by atoms with Gasteiger partial charge in [-0.25, -0.2) is 9.59 Å². The Morgan fingerprint density at radius 1 is 1.27 bits per heavy atom. The van der Waals surface area contributed by atoms with Crippen molar-refractivity contribution in [1.29, 1.82) is 0 Å². The lowest BCUT2D eigenvalue weighted by Gasteiger charge is -2.49. The minimum absolute atomic E-state index is 0.0252. The Kier molecular flexibility index (Phi) is 9.02. The van der Waals surface area contributed by atoms with E-state index in [1.54, 1.807) is 18.5 Å². The van der Waals surface area contributed by atoms with Gasteiger partial charge in [0, 0.05) is 25.7 Å². The van der Waals surface area contributed by atoms with Gasteiger partial charge < -0.3 is 35.3 Å². The van der Waals surface area contributed by atoms with Crippen molar-refractivity contribution < 1.29 is 38.9 Å². The van der Waals surface area contributed by atoms with Crippen molar-refractivity contribution in [2.45, 2.75) is 35.6 Å². The summed E-state index contributed by atoms with van der Waals surface area (Å²) < 4.78 is 11.8. The lowest BCUT2D eigenvalue weighted by atomic mass is 10.0. The van der Waals surface area contributed by atoms with Gasteiger partial charge in [-0.3, -0.25) is 14.5 Å². The molecule has 2 aromatic rings. The number of fused-ring (bicyclic) bond motifs is 1. The molecule has 3 unspecified atom stereocenters. The van der Waals surface area contributed by atoms with Gasteiger partial charge in [0.25, 0.3) is 5.91 Å². The highest BCUT2D eigenvalue weighted by Crippen LogP contribution is 2.41. The van der Waals surface area contributed by atoms with Crippen LogP contribution in [0.25, 0.3) is 0 Å². The fraction of sp³-hybridized carbons (Fsp3) is 0.417. The van der Waals surface area contributed by atoms with Crippen LogP contribution in [0.5, 0.6) is 5.75 Å². The first-order valence-corrected chi connectivity index (χ1v) is 14.1. The molecular formula is C24H28N6O8S2. The molecule has 14 nitrogen and oxygen atoms in total. The standard InChI is InChI=1S/C24H28N6O8S2/c1-4-38-23(36)17(37-3)18-27-28-24(29(18)2)40-10-12-9-39-21-15(20(33)30(21)16(12)22(34)35)26-19(32)14(25)11-5-7-13(31)8-6-11/h5-8,14-15,17,21,31H,4,9-10,25H2,1-3H3,(H,26,32)(H,34,35)/t14?,15?,17?,21-/m0/s1. The number of nitrogens with zero attached hydrogens (tertiary/aromatic N) is 4. The summed E-state index contributed by atoms with van der Waals surface area (Å²) in [6, 6.07) is 3.81. The summed E-state index contributed by atoms with van der Waals surface area (Å²) in [5, 5.41) is 29.9. The number of amides is 2. The second-order valence-corrected chi connectivity index (χ2v) is 10.8. The monoisotopic (exact) mass is 592 g/mol. The number of thioether (sulfide) groups is 2. The van der Waals surface area contributed by atoms with E-state index in [9.17, 15) is 29.4 Å². The number of carbonyl (C=O) groups excluding carboxylic acids is 3. The fourth-order valence-corrected chi connectivity index (χ4v) is 6.63. The summed E-state index contributed by atoms with van der Waals surface area (Å²) in [7, 11) is 3.00. The van der Waals surface area contributed by atoms with E-state index in [-0.39, 0.29) is 29.6 Å². The van der Waals surface area contributed by atoms with Crippen LogP contribution in [-0.2, 0) is 35.7 Å². The van der Waals surface area contributed by atoms with Gasteiger partial charge in [-0.15, -0.1) is 22.0 Å². The minimum atomic E-state index is -1.26. The van der Waals surface area contributed by atoms with Crippen molar-refractivity contribution in [3.05, 3.63) is 46.9 Å². The molecule has 214 valence electrons. The summed E-state index contributed by atoms with van der Waals surface area (Å²) in [5.41, 5.74) is 6.82. The molecule has 0 aliphatic carbocycles. The number of ether oxygens (including phenoxy) is 2. The first kappa shape index (κ1) is 29.4. The number of nitrogens with one attached hydrogen (secondary N) is 1. The number of esters is 1. The molecule has 5 N–H and O–H groups in total. The third-order valence-electron chi connectivity index (χ3n) is 6.30. The number of nitrogens with two attached hydrogens (primary N) is 1. The molecule has 1 saturated heterocycles. The molecule has 2 aliphatic rings. The second kappa shape index (κ2) is 12.3. The van der Waals surface area contributed by atoms with Crippen LogP contribution in [-0.4, -0.2) is 90.3 Å². The number of aromatic nitrogens is 3. The number of methoxy groups -OCH3 is 1. The molecule has 0 radical (unpaired) electrons. The lowest BCUT2D eigenvalue weighted by molar-refractivity contribution is -0.156. The Morgan fingerprint density at radius 2 is 1.98 bits per heavy atom. The first-order valence-electron chi connectivity index (χ1n) is 12.0. The number of phenols is 1. The van der Waals surface area contributed by atoms with Gasteiger partial charge in [-0.2, -0.15) is 0 Å². The molecule has 0 saturated carbocycles. The van der Waals surface area contributed by atoms with E-state index in [1.165, 1.54) is 59.8 Å². The van der Waals surface area contributed by atoms with E-state index in [1.807, 2.05) is 0 Å². The zero-order chi connectivity index (χ0) is 29.1. The van der Waals surface area contributed by atoms with Gasteiger partial charge in [0.15, 0.2) is 11.0 Å². The Morgan fingerprint density at radius 3 is 2.60 bits per heavy atom. The highest BCUT2D eigenvalue weighted by Gasteiger charge is 2.54. The van der Waals surface area contributed by atoms with Crippen LogP contribution in [0, 0.1) is 0 Å². The number of carboxylic acids is 1. The van der Waals surface area contributed by atoms with Crippen LogP contribution in [0.2, 0.25) is 0 Å². The molecular weight excluding hydrogens is 564 g/mol. The number of hydrogen-bond donors (Lipinski definition) is 4. The highest BCUT2D eigenvalue weighted by molar-refractivity contribution is 8.01. The molecule has 1 aromatic heterocycles. The minimum Gasteiger partial charge on any atom is -0.508 e. The Labute approximate surface area is 237 Å². The van der Waals surface area contributed by atoms with Gasteiger partial charge in [0.05, 0.1) is 6.61 Å². The van der Waals surface area contributed by atoms with E-state index in [0.29, 0.717) is 22.0 Å². The number of benzene rings is 1. The maximum atomic E-state index is 13.0. The summed E-state index contributed by atoms with van der Waals surface area (Å²) in [6.07, 6.45) is -1.07. The third-order valence-corrected chi connectivity index (χ3v) is 8.74. The molecule has 4 atom stereocenters. The van der Waals surface area contributed by atoms with Gasteiger partial charge in [-0.05, 0) is 30.2 Å². The maximum Gasteiger partial charge on any atom is 0.352 e. The number of hydrogen-bond acceptors (Lipinski definition) is 12. The van der Waals surface area contributed by atoms with Gasteiger partial charge in [0.2, 0.25) is 12.0 Å². The van der Waals surface area contributed by atoms with Crippen molar-refractivity contribution in [1.82, 2.24) is 25.0 Å². The van der Waals surface area contributed by atoms with Crippen LogP contribution < -0.4 is 11.1 Å². The van der Waals surface area contributed by atoms with E-state index in [0.717, 1.165) is 0 Å². The largest absolute Gasteiger partial charge is 0.508 e. The fourth-order valence-electron chi connectivity index (χ4n) is 4.23. The number of aromatic hydroxyl groups is 1. The quantitative estimate of drug-likeness (QED) is 0.158. The van der Waals surface area contributed by atoms with Crippen LogP contribution in [0.1, 0.15) is 30.5 Å². The summed E-state index contributed by atoms with van der Waals surface area (Å²) >= 11 is 2.52.